The van der Waals surface area contributed by atoms with Crippen LogP contribution in [0, 0.1) is 6.92 Å². The van der Waals surface area contributed by atoms with E-state index in [4.69, 9.17) is 14.2 Å². The molecule has 3 rings (SSSR count). The van der Waals surface area contributed by atoms with Crippen molar-refractivity contribution >= 4 is 10.8 Å². The molecule has 0 aliphatic rings. The predicted molar refractivity (Wildman–Crippen MR) is 99.0 cm³/mol. The molecule has 0 fully saturated rings. The first-order valence-corrected chi connectivity index (χ1v) is 8.23. The van der Waals surface area contributed by atoms with Crippen LogP contribution in [-0.4, -0.2) is 26.3 Å². The summed E-state index contributed by atoms with van der Waals surface area (Å²) in [5.41, 5.74) is 4.26. The number of nitrogens with zero attached hydrogens (tertiary/aromatic N) is 1. The topological polar surface area (TPSA) is 40.6 Å². The number of pyridine rings is 1. The van der Waals surface area contributed by atoms with Crippen LogP contribution in [0.25, 0.3) is 10.8 Å². The van der Waals surface area contributed by atoms with Crippen LogP contribution >= 0.6 is 0 Å². The van der Waals surface area contributed by atoms with Crippen molar-refractivity contribution in [1.29, 1.82) is 0 Å². The number of ether oxygens (including phenoxy) is 3. The Morgan fingerprint density at radius 1 is 0.960 bits per heavy atom. The van der Waals surface area contributed by atoms with Crippen molar-refractivity contribution in [3.8, 4) is 5.75 Å². The van der Waals surface area contributed by atoms with E-state index in [0.29, 0.717) is 0 Å². The van der Waals surface area contributed by atoms with Gasteiger partial charge in [0.15, 0.2) is 6.29 Å². The van der Waals surface area contributed by atoms with Crippen LogP contribution in [0.1, 0.15) is 28.7 Å². The van der Waals surface area contributed by atoms with Crippen LogP contribution in [0.5, 0.6) is 5.75 Å². The highest BCUT2D eigenvalue weighted by Crippen LogP contribution is 2.38. The molecule has 0 N–H and O–H groups in total. The van der Waals surface area contributed by atoms with Crippen LogP contribution in [-0.2, 0) is 15.9 Å². The van der Waals surface area contributed by atoms with Crippen molar-refractivity contribution in [2.75, 3.05) is 21.3 Å². The molecule has 1 heterocycles. The average molecular weight is 337 g/mol. The molecular weight excluding hydrogens is 314 g/mol. The van der Waals surface area contributed by atoms with Gasteiger partial charge >= 0.3 is 0 Å². The van der Waals surface area contributed by atoms with Gasteiger partial charge in [0.2, 0.25) is 0 Å². The van der Waals surface area contributed by atoms with E-state index in [1.54, 1.807) is 21.3 Å². The second kappa shape index (κ2) is 7.64. The maximum absolute atomic E-state index is 5.69. The van der Waals surface area contributed by atoms with Gasteiger partial charge in [-0.1, -0.05) is 30.3 Å². The monoisotopic (exact) mass is 337 g/mol. The molecule has 0 bridgehead atoms. The summed E-state index contributed by atoms with van der Waals surface area (Å²) in [6.45, 7) is 1.99. The van der Waals surface area contributed by atoms with Gasteiger partial charge in [-0.3, -0.25) is 4.98 Å². The summed E-state index contributed by atoms with van der Waals surface area (Å²) in [6.07, 6.45) is 2.23. The van der Waals surface area contributed by atoms with Crippen LogP contribution in [0.2, 0.25) is 0 Å². The summed E-state index contributed by atoms with van der Waals surface area (Å²) >= 11 is 0. The highest BCUT2D eigenvalue weighted by molar-refractivity contribution is 5.92. The molecule has 0 unspecified atom stereocenters. The number of aromatic nitrogens is 1. The van der Waals surface area contributed by atoms with E-state index in [9.17, 15) is 0 Å². The van der Waals surface area contributed by atoms with Gasteiger partial charge in [-0.05, 0) is 42.0 Å². The molecule has 4 heteroatoms. The molecule has 25 heavy (non-hydrogen) atoms. The molecule has 0 saturated heterocycles. The Morgan fingerprint density at radius 3 is 2.28 bits per heavy atom. The normalized spacial score (nSPS) is 11.2. The quantitative estimate of drug-likeness (QED) is 0.624. The number of hydrogen-bond donors (Lipinski definition) is 0. The third-order valence-electron chi connectivity index (χ3n) is 4.36. The van der Waals surface area contributed by atoms with Gasteiger partial charge in [-0.25, -0.2) is 0 Å². The van der Waals surface area contributed by atoms with Gasteiger partial charge in [0.05, 0.1) is 12.7 Å². The number of benzene rings is 2. The van der Waals surface area contributed by atoms with E-state index in [-0.39, 0.29) is 0 Å². The smallest absolute Gasteiger partial charge is 0.186 e. The van der Waals surface area contributed by atoms with Crippen molar-refractivity contribution in [3.05, 3.63) is 71.0 Å². The van der Waals surface area contributed by atoms with Crippen molar-refractivity contribution in [2.45, 2.75) is 19.6 Å². The zero-order valence-corrected chi connectivity index (χ0v) is 15.1. The number of hydrogen-bond acceptors (Lipinski definition) is 4. The molecule has 130 valence electrons. The Balaban J connectivity index is 2.18. The second-order valence-corrected chi connectivity index (χ2v) is 5.99. The summed E-state index contributed by atoms with van der Waals surface area (Å²) in [7, 11) is 4.94. The molecule has 0 saturated carbocycles. The Labute approximate surface area is 148 Å². The van der Waals surface area contributed by atoms with Crippen LogP contribution in [0.4, 0.5) is 0 Å². The minimum absolute atomic E-state index is 0.477. The van der Waals surface area contributed by atoms with Crippen LogP contribution < -0.4 is 4.74 Å². The third kappa shape index (κ3) is 3.50. The first-order valence-electron chi connectivity index (χ1n) is 8.23. The Hall–Kier alpha value is -2.43. The fourth-order valence-corrected chi connectivity index (χ4v) is 3.17. The Kier molecular flexibility index (Phi) is 5.31. The predicted octanol–water partition coefficient (Wildman–Crippen LogP) is 4.43. The molecule has 4 nitrogen and oxygen atoms in total. The van der Waals surface area contributed by atoms with E-state index < -0.39 is 6.29 Å². The molecule has 0 radical (unpaired) electrons. The Morgan fingerprint density at radius 2 is 1.68 bits per heavy atom. The molecule has 0 aliphatic carbocycles. The number of fused-ring (bicyclic) bond motifs is 1. The fourth-order valence-electron chi connectivity index (χ4n) is 3.17. The lowest BCUT2D eigenvalue weighted by molar-refractivity contribution is -0.106. The van der Waals surface area contributed by atoms with Crippen molar-refractivity contribution < 1.29 is 14.2 Å². The molecule has 2 aromatic carbocycles. The summed E-state index contributed by atoms with van der Waals surface area (Å²) < 4.78 is 16.7. The van der Waals surface area contributed by atoms with Gasteiger partial charge in [0, 0.05) is 31.5 Å². The minimum Gasteiger partial charge on any atom is -0.496 e. The van der Waals surface area contributed by atoms with Gasteiger partial charge in [0.25, 0.3) is 0 Å². The molecule has 1 aromatic heterocycles. The largest absolute Gasteiger partial charge is 0.496 e. The summed E-state index contributed by atoms with van der Waals surface area (Å²) in [5, 5.41) is 2.21. The maximum atomic E-state index is 5.69. The highest BCUT2D eigenvalue weighted by atomic mass is 16.7. The van der Waals surface area contributed by atoms with E-state index in [1.165, 1.54) is 11.1 Å². The molecule has 0 spiro atoms. The average Bonchev–Trinajstić information content (AvgIpc) is 2.65. The number of aryl methyl sites for hydroxylation is 1. The zero-order valence-electron chi connectivity index (χ0n) is 15.1. The van der Waals surface area contributed by atoms with Crippen LogP contribution in [0.15, 0.2) is 48.7 Å². The molecule has 0 atom stereocenters. The molecule has 0 amide bonds. The summed E-state index contributed by atoms with van der Waals surface area (Å²) in [5.74, 6) is 0.787. The van der Waals surface area contributed by atoms with Gasteiger partial charge in [-0.2, -0.15) is 0 Å². The molecule has 0 aliphatic heterocycles. The molecular formula is C21H23NO3. The van der Waals surface area contributed by atoms with E-state index in [1.807, 2.05) is 31.3 Å². The third-order valence-corrected chi connectivity index (χ3v) is 4.36. The maximum Gasteiger partial charge on any atom is 0.186 e. The Bertz CT molecular complexity index is 855. The fraction of sp³-hybridized carbons (Fsp3) is 0.286. The lowest BCUT2D eigenvalue weighted by atomic mass is 9.95. The van der Waals surface area contributed by atoms with E-state index in [2.05, 4.69) is 29.2 Å². The van der Waals surface area contributed by atoms with Crippen molar-refractivity contribution in [2.24, 2.45) is 0 Å². The number of rotatable bonds is 6. The SMILES string of the molecule is COc1c(C(OC)OC)cc(Cc2ccc(C)nc2)c2ccccc12. The summed E-state index contributed by atoms with van der Waals surface area (Å²) in [6, 6.07) is 14.5. The van der Waals surface area contributed by atoms with Gasteiger partial charge < -0.3 is 14.2 Å². The zero-order chi connectivity index (χ0) is 17.8. The first-order chi connectivity index (χ1) is 12.2. The van der Waals surface area contributed by atoms with Crippen LogP contribution in [0.3, 0.4) is 0 Å². The van der Waals surface area contributed by atoms with Crippen molar-refractivity contribution in [1.82, 2.24) is 4.98 Å². The van der Waals surface area contributed by atoms with E-state index >= 15 is 0 Å². The second-order valence-electron chi connectivity index (χ2n) is 5.99. The van der Waals surface area contributed by atoms with Crippen molar-refractivity contribution in [3.63, 3.8) is 0 Å². The van der Waals surface area contributed by atoms with Gasteiger partial charge in [-0.15, -0.1) is 0 Å². The van der Waals surface area contributed by atoms with E-state index in [0.717, 1.165) is 34.2 Å². The highest BCUT2D eigenvalue weighted by Gasteiger charge is 2.20. The molecule has 3 aromatic rings. The van der Waals surface area contributed by atoms with Gasteiger partial charge in [0.1, 0.15) is 5.75 Å². The first kappa shape index (κ1) is 17.4. The minimum atomic E-state index is -0.477. The summed E-state index contributed by atoms with van der Waals surface area (Å²) in [4.78, 5) is 4.40. The standard InChI is InChI=1S/C21H23NO3/c1-14-9-10-15(13-22-14)11-16-12-19(21(24-3)25-4)20(23-2)18-8-6-5-7-17(16)18/h5-10,12-13,21H,11H2,1-4H3. The lowest BCUT2D eigenvalue weighted by Crippen LogP contribution is -2.07. The lowest BCUT2D eigenvalue weighted by Gasteiger charge is -2.21. The number of methoxy groups -OCH3 is 3.